The second-order valence-corrected chi connectivity index (χ2v) is 2.24. The summed E-state index contributed by atoms with van der Waals surface area (Å²) in [6.07, 6.45) is 0.107. The van der Waals surface area contributed by atoms with Crippen LogP contribution in [-0.2, 0) is 4.79 Å². The first-order valence-electron chi connectivity index (χ1n) is 3.23. The third kappa shape index (κ3) is 2.55. The Bertz CT molecular complexity index is 167. The molecule has 0 unspecified atom stereocenters. The van der Waals surface area contributed by atoms with Crippen LogP contribution in [0.1, 0.15) is 13.3 Å². The van der Waals surface area contributed by atoms with Gasteiger partial charge in [-0.25, -0.2) is 4.79 Å². The highest BCUT2D eigenvalue weighted by Crippen LogP contribution is 1.93. The Hall–Kier alpha value is -1.10. The van der Waals surface area contributed by atoms with Crippen molar-refractivity contribution in [3.63, 3.8) is 0 Å². The molecule has 64 valence electrons. The van der Waals surface area contributed by atoms with E-state index in [1.54, 1.807) is 6.92 Å². The SMILES string of the molecule is CCC(=O)N(O)C(=O)N(C)C. The number of urea groups is 1. The fourth-order valence-corrected chi connectivity index (χ4v) is 0.446. The summed E-state index contributed by atoms with van der Waals surface area (Å²) in [6, 6.07) is -0.725. The van der Waals surface area contributed by atoms with Gasteiger partial charge in [0.2, 0.25) is 0 Å². The molecular weight excluding hydrogens is 148 g/mol. The van der Waals surface area contributed by atoms with Crippen LogP contribution in [0.4, 0.5) is 4.79 Å². The molecule has 5 heteroatoms. The monoisotopic (exact) mass is 160 g/mol. The third-order valence-corrected chi connectivity index (χ3v) is 1.10. The van der Waals surface area contributed by atoms with Gasteiger partial charge in [0.05, 0.1) is 0 Å². The predicted molar refractivity (Wildman–Crippen MR) is 38.0 cm³/mol. The average molecular weight is 160 g/mol. The van der Waals surface area contributed by atoms with Gasteiger partial charge in [0.25, 0.3) is 5.91 Å². The van der Waals surface area contributed by atoms with Gasteiger partial charge in [-0.15, -0.1) is 5.06 Å². The molecule has 0 heterocycles. The lowest BCUT2D eigenvalue weighted by atomic mass is 10.4. The van der Waals surface area contributed by atoms with Crippen LogP contribution >= 0.6 is 0 Å². The first-order valence-corrected chi connectivity index (χ1v) is 3.23. The van der Waals surface area contributed by atoms with Gasteiger partial charge in [-0.3, -0.25) is 10.0 Å². The van der Waals surface area contributed by atoms with E-state index in [-0.39, 0.29) is 11.5 Å². The molecule has 0 aromatic carbocycles. The minimum atomic E-state index is -0.725. The molecule has 0 aliphatic carbocycles. The summed E-state index contributed by atoms with van der Waals surface area (Å²) in [4.78, 5) is 22.6. The normalized spacial score (nSPS) is 9.09. The Morgan fingerprint density at radius 3 is 2.09 bits per heavy atom. The zero-order valence-corrected chi connectivity index (χ0v) is 6.87. The van der Waals surface area contributed by atoms with Crippen molar-refractivity contribution in [3.8, 4) is 0 Å². The van der Waals surface area contributed by atoms with Gasteiger partial charge in [0, 0.05) is 20.5 Å². The van der Waals surface area contributed by atoms with E-state index < -0.39 is 11.9 Å². The minimum Gasteiger partial charge on any atom is -0.329 e. The van der Waals surface area contributed by atoms with Crippen molar-refractivity contribution in [2.24, 2.45) is 0 Å². The summed E-state index contributed by atoms with van der Waals surface area (Å²) in [5.74, 6) is -0.608. The zero-order chi connectivity index (χ0) is 9.02. The molecular formula is C6H12N2O3. The van der Waals surface area contributed by atoms with E-state index in [1.807, 2.05) is 0 Å². The lowest BCUT2D eigenvalue weighted by Gasteiger charge is -2.16. The highest BCUT2D eigenvalue weighted by Gasteiger charge is 2.18. The molecule has 0 aromatic heterocycles. The van der Waals surface area contributed by atoms with Crippen LogP contribution in [0.15, 0.2) is 0 Å². The topological polar surface area (TPSA) is 60.9 Å². The van der Waals surface area contributed by atoms with Gasteiger partial charge in [-0.1, -0.05) is 6.92 Å². The molecule has 0 atom stereocenters. The summed E-state index contributed by atoms with van der Waals surface area (Å²) in [5, 5.41) is 8.96. The van der Waals surface area contributed by atoms with Crippen molar-refractivity contribution in [3.05, 3.63) is 0 Å². The Morgan fingerprint density at radius 1 is 1.36 bits per heavy atom. The van der Waals surface area contributed by atoms with Crippen LogP contribution in [-0.4, -0.2) is 41.2 Å². The standard InChI is InChI=1S/C6H12N2O3/c1-4-5(9)8(11)6(10)7(2)3/h11H,4H2,1-3H3. The quantitative estimate of drug-likeness (QED) is 0.443. The van der Waals surface area contributed by atoms with Gasteiger partial charge in [0.15, 0.2) is 0 Å². The van der Waals surface area contributed by atoms with Crippen molar-refractivity contribution in [1.29, 1.82) is 0 Å². The maximum atomic E-state index is 10.8. The maximum absolute atomic E-state index is 10.8. The van der Waals surface area contributed by atoms with Crippen molar-refractivity contribution in [2.45, 2.75) is 13.3 Å². The fraction of sp³-hybridized carbons (Fsp3) is 0.667. The summed E-state index contributed by atoms with van der Waals surface area (Å²) in [5.41, 5.74) is 0. The molecule has 0 bridgehead atoms. The van der Waals surface area contributed by atoms with E-state index >= 15 is 0 Å². The van der Waals surface area contributed by atoms with Crippen LogP contribution in [0.25, 0.3) is 0 Å². The molecule has 0 aliphatic heterocycles. The molecule has 3 amide bonds. The maximum Gasteiger partial charge on any atom is 0.350 e. The van der Waals surface area contributed by atoms with E-state index in [4.69, 9.17) is 5.21 Å². The summed E-state index contributed by atoms with van der Waals surface area (Å²) < 4.78 is 0. The number of hydrogen-bond donors (Lipinski definition) is 1. The van der Waals surface area contributed by atoms with Gasteiger partial charge in [-0.05, 0) is 0 Å². The Morgan fingerprint density at radius 2 is 1.82 bits per heavy atom. The molecule has 0 spiro atoms. The molecule has 0 aromatic rings. The first kappa shape index (κ1) is 9.90. The molecule has 1 N–H and O–H groups in total. The number of hydroxylamine groups is 2. The van der Waals surface area contributed by atoms with Crippen molar-refractivity contribution in [1.82, 2.24) is 9.96 Å². The average Bonchev–Trinajstić information content (AvgIpc) is 2.00. The van der Waals surface area contributed by atoms with E-state index in [1.165, 1.54) is 14.1 Å². The zero-order valence-electron chi connectivity index (χ0n) is 6.87. The summed E-state index contributed by atoms with van der Waals surface area (Å²) in [7, 11) is 2.91. The molecule has 0 aliphatic rings. The largest absolute Gasteiger partial charge is 0.350 e. The number of rotatable bonds is 1. The Labute approximate surface area is 65.2 Å². The van der Waals surface area contributed by atoms with E-state index in [0.717, 1.165) is 4.90 Å². The van der Waals surface area contributed by atoms with Crippen LogP contribution in [0.2, 0.25) is 0 Å². The molecule has 0 radical (unpaired) electrons. The van der Waals surface area contributed by atoms with Crippen LogP contribution in [0.5, 0.6) is 0 Å². The van der Waals surface area contributed by atoms with Gasteiger partial charge >= 0.3 is 6.03 Å². The van der Waals surface area contributed by atoms with Gasteiger partial charge in [0.1, 0.15) is 0 Å². The van der Waals surface area contributed by atoms with Gasteiger partial charge in [-0.2, -0.15) is 0 Å². The first-order chi connectivity index (χ1) is 5.00. The van der Waals surface area contributed by atoms with Crippen molar-refractivity contribution < 1.29 is 14.8 Å². The highest BCUT2D eigenvalue weighted by molar-refractivity contribution is 5.92. The Kier molecular flexibility index (Phi) is 3.53. The van der Waals surface area contributed by atoms with Crippen LogP contribution in [0.3, 0.4) is 0 Å². The minimum absolute atomic E-state index is 0.107. The second kappa shape index (κ2) is 3.92. The summed E-state index contributed by atoms with van der Waals surface area (Å²) >= 11 is 0. The highest BCUT2D eigenvalue weighted by atomic mass is 16.5. The van der Waals surface area contributed by atoms with E-state index in [2.05, 4.69) is 0 Å². The number of amides is 3. The smallest absolute Gasteiger partial charge is 0.329 e. The molecule has 0 saturated heterocycles. The number of carbonyl (C=O) groups excluding carboxylic acids is 2. The number of imide groups is 1. The predicted octanol–water partition coefficient (Wildman–Crippen LogP) is 0.296. The third-order valence-electron chi connectivity index (χ3n) is 1.10. The van der Waals surface area contributed by atoms with E-state index in [0.29, 0.717) is 0 Å². The van der Waals surface area contributed by atoms with Crippen LogP contribution in [0, 0.1) is 0 Å². The lowest BCUT2D eigenvalue weighted by molar-refractivity contribution is -0.153. The molecule has 5 nitrogen and oxygen atoms in total. The summed E-state index contributed by atoms with van der Waals surface area (Å²) in [6.45, 7) is 1.56. The van der Waals surface area contributed by atoms with Crippen molar-refractivity contribution in [2.75, 3.05) is 14.1 Å². The van der Waals surface area contributed by atoms with Crippen LogP contribution < -0.4 is 0 Å². The lowest BCUT2D eigenvalue weighted by Crippen LogP contribution is -2.40. The van der Waals surface area contributed by atoms with Gasteiger partial charge < -0.3 is 4.90 Å². The number of hydrogen-bond acceptors (Lipinski definition) is 3. The fourth-order valence-electron chi connectivity index (χ4n) is 0.446. The molecule has 11 heavy (non-hydrogen) atoms. The molecule has 0 saturated carbocycles. The van der Waals surface area contributed by atoms with E-state index in [9.17, 15) is 9.59 Å². The molecule has 0 rings (SSSR count). The Balaban J connectivity index is 4.13. The van der Waals surface area contributed by atoms with Crippen molar-refractivity contribution >= 4 is 11.9 Å². The number of carbonyl (C=O) groups is 2. The molecule has 0 fully saturated rings. The second-order valence-electron chi connectivity index (χ2n) is 2.24. The number of nitrogens with zero attached hydrogens (tertiary/aromatic N) is 2.